The topological polar surface area (TPSA) is 18.5 Å². The van der Waals surface area contributed by atoms with Gasteiger partial charge in [0.1, 0.15) is 0 Å². The summed E-state index contributed by atoms with van der Waals surface area (Å²) in [6.07, 6.45) is 7.09. The van der Waals surface area contributed by atoms with Crippen molar-refractivity contribution < 1.29 is 0 Å². The normalized spacial score (nSPS) is 10.9. The van der Waals surface area contributed by atoms with Gasteiger partial charge >= 0.3 is 0 Å². The minimum Gasteiger partial charge on any atom is -0.356 e. The van der Waals surface area contributed by atoms with Crippen LogP contribution in [0.2, 0.25) is 0 Å². The van der Waals surface area contributed by atoms with Crippen molar-refractivity contribution >= 4 is 45.5 Å². The molecular weight excluding hydrogens is 571 g/mol. The second-order valence-electron chi connectivity index (χ2n) is 12.1. The molecule has 3 heteroatoms. The number of aryl methyl sites for hydroxylation is 2. The summed E-state index contributed by atoms with van der Waals surface area (Å²) in [6.45, 7) is 4.50. The molecule has 0 unspecified atom stereocenters. The number of nitrogens with zero attached hydrogens (tertiary/aromatic N) is 2. The maximum absolute atomic E-state index is 3.50. The van der Waals surface area contributed by atoms with Gasteiger partial charge in [0.15, 0.2) is 0 Å². The van der Waals surface area contributed by atoms with Crippen molar-refractivity contribution in [3.63, 3.8) is 0 Å². The predicted octanol–water partition coefficient (Wildman–Crippen LogP) is 13.1. The van der Waals surface area contributed by atoms with Gasteiger partial charge in [0, 0.05) is 45.5 Å². The molecule has 47 heavy (non-hydrogen) atoms. The average molecular weight is 616 g/mol. The second-order valence-corrected chi connectivity index (χ2v) is 12.1. The molecule has 236 valence electrons. The Morgan fingerprint density at radius 3 is 1.09 bits per heavy atom. The highest BCUT2D eigenvalue weighted by Gasteiger charge is 2.16. The van der Waals surface area contributed by atoms with Crippen LogP contribution in [0.25, 0.3) is 0 Å². The number of unbranched alkanes of at least 4 members (excludes halogenated alkanes) is 2. The van der Waals surface area contributed by atoms with Crippen molar-refractivity contribution in [2.75, 3.05) is 15.1 Å². The molecule has 6 rings (SSSR count). The van der Waals surface area contributed by atoms with E-state index >= 15 is 0 Å². The summed E-state index contributed by atoms with van der Waals surface area (Å²) >= 11 is 0. The molecule has 0 saturated carbocycles. The third kappa shape index (κ3) is 8.12. The van der Waals surface area contributed by atoms with Crippen LogP contribution in [0.1, 0.15) is 50.7 Å². The molecule has 6 aromatic rings. The van der Waals surface area contributed by atoms with E-state index in [9.17, 15) is 0 Å². The lowest BCUT2D eigenvalue weighted by Gasteiger charge is -2.28. The van der Waals surface area contributed by atoms with Gasteiger partial charge in [0.2, 0.25) is 0 Å². The van der Waals surface area contributed by atoms with E-state index < -0.39 is 0 Å². The highest BCUT2D eigenvalue weighted by molar-refractivity contribution is 5.81. The molecular formula is C44H45N3. The number of rotatable bonds is 14. The molecule has 0 aromatic heterocycles. The Kier molecular flexibility index (Phi) is 10.7. The number of para-hydroxylation sites is 2. The predicted molar refractivity (Wildman–Crippen MR) is 203 cm³/mol. The maximum atomic E-state index is 3.50. The zero-order valence-corrected chi connectivity index (χ0v) is 27.6. The Balaban J connectivity index is 1.32. The minimum absolute atomic E-state index is 1.06. The van der Waals surface area contributed by atoms with Gasteiger partial charge < -0.3 is 15.1 Å². The lowest BCUT2D eigenvalue weighted by molar-refractivity contribution is 0.795. The minimum atomic E-state index is 1.06. The van der Waals surface area contributed by atoms with E-state index in [0.29, 0.717) is 0 Å². The number of hydrogen-bond acceptors (Lipinski definition) is 3. The van der Waals surface area contributed by atoms with E-state index in [4.69, 9.17) is 0 Å². The van der Waals surface area contributed by atoms with E-state index in [1.165, 1.54) is 48.2 Å². The lowest BCUT2D eigenvalue weighted by Crippen LogP contribution is -2.12. The van der Waals surface area contributed by atoms with Crippen LogP contribution in [0.4, 0.5) is 45.5 Å². The summed E-state index contributed by atoms with van der Waals surface area (Å²) in [4.78, 5) is 4.68. The third-order valence-electron chi connectivity index (χ3n) is 8.60. The monoisotopic (exact) mass is 615 g/mol. The molecule has 0 radical (unpaired) electrons. The largest absolute Gasteiger partial charge is 0.356 e. The van der Waals surface area contributed by atoms with E-state index in [1.807, 2.05) is 18.2 Å². The summed E-state index contributed by atoms with van der Waals surface area (Å²) in [5.41, 5.74) is 11.7. The summed E-state index contributed by atoms with van der Waals surface area (Å²) in [7, 11) is 0. The molecule has 1 N–H and O–H groups in total. The Hall–Kier alpha value is -5.28. The fraction of sp³-hybridized carbons (Fsp3) is 0.182. The van der Waals surface area contributed by atoms with Crippen LogP contribution in [0.5, 0.6) is 0 Å². The van der Waals surface area contributed by atoms with Crippen LogP contribution in [-0.2, 0) is 12.8 Å². The first-order valence-corrected chi connectivity index (χ1v) is 17.1. The number of benzene rings is 6. The number of nitrogens with one attached hydrogen (secondary N) is 1. The molecule has 0 atom stereocenters. The van der Waals surface area contributed by atoms with E-state index in [-0.39, 0.29) is 0 Å². The van der Waals surface area contributed by atoms with Crippen LogP contribution in [-0.4, -0.2) is 0 Å². The molecule has 0 aliphatic heterocycles. The van der Waals surface area contributed by atoms with Gasteiger partial charge in [-0.25, -0.2) is 0 Å². The first kappa shape index (κ1) is 31.7. The van der Waals surface area contributed by atoms with Crippen molar-refractivity contribution in [1.82, 2.24) is 0 Å². The van der Waals surface area contributed by atoms with Gasteiger partial charge in [-0.05, 0) is 134 Å². The zero-order chi connectivity index (χ0) is 32.3. The molecule has 0 saturated heterocycles. The smallest absolute Gasteiger partial charge is 0.0463 e. The second kappa shape index (κ2) is 15.8. The van der Waals surface area contributed by atoms with E-state index in [2.05, 4.69) is 168 Å². The van der Waals surface area contributed by atoms with Crippen LogP contribution in [0.15, 0.2) is 158 Å². The van der Waals surface area contributed by atoms with Crippen molar-refractivity contribution in [2.24, 2.45) is 0 Å². The Morgan fingerprint density at radius 1 is 0.362 bits per heavy atom. The van der Waals surface area contributed by atoms with Gasteiger partial charge in [-0.15, -0.1) is 0 Å². The molecule has 0 bridgehead atoms. The highest BCUT2D eigenvalue weighted by Crippen LogP contribution is 2.39. The summed E-state index contributed by atoms with van der Waals surface area (Å²) in [5, 5.41) is 3.50. The van der Waals surface area contributed by atoms with E-state index in [1.54, 1.807) is 0 Å². The van der Waals surface area contributed by atoms with Crippen molar-refractivity contribution in [1.29, 1.82) is 0 Å². The van der Waals surface area contributed by atoms with Gasteiger partial charge in [-0.1, -0.05) is 87.4 Å². The summed E-state index contributed by atoms with van der Waals surface area (Å²) < 4.78 is 0. The molecule has 0 spiro atoms. The number of hydrogen-bond donors (Lipinski definition) is 1. The van der Waals surface area contributed by atoms with Crippen LogP contribution < -0.4 is 15.1 Å². The maximum Gasteiger partial charge on any atom is 0.0463 e. The quantitative estimate of drug-likeness (QED) is 0.131. The van der Waals surface area contributed by atoms with Crippen molar-refractivity contribution in [3.05, 3.63) is 169 Å². The first-order valence-electron chi connectivity index (χ1n) is 17.1. The Labute approximate surface area is 281 Å². The Morgan fingerprint density at radius 2 is 0.681 bits per heavy atom. The van der Waals surface area contributed by atoms with E-state index in [0.717, 1.165) is 47.0 Å². The summed E-state index contributed by atoms with van der Waals surface area (Å²) in [5.74, 6) is 0. The molecule has 0 amide bonds. The zero-order valence-electron chi connectivity index (χ0n) is 27.6. The molecule has 0 aliphatic rings. The van der Waals surface area contributed by atoms with Crippen LogP contribution in [0.3, 0.4) is 0 Å². The van der Waals surface area contributed by atoms with Crippen LogP contribution in [0, 0.1) is 0 Å². The van der Waals surface area contributed by atoms with Crippen LogP contribution >= 0.6 is 0 Å². The van der Waals surface area contributed by atoms with Crippen molar-refractivity contribution in [3.8, 4) is 0 Å². The Bertz CT molecular complexity index is 1730. The molecule has 0 heterocycles. The summed E-state index contributed by atoms with van der Waals surface area (Å²) in [6, 6.07) is 56.7. The first-order chi connectivity index (χ1) is 23.2. The van der Waals surface area contributed by atoms with Gasteiger partial charge in [-0.3, -0.25) is 0 Å². The number of anilines is 8. The SMILES string of the molecule is CCCCc1ccc(N(c2ccc(CCCC)cc2)c2ccc(N(c3ccccc3)c3ccc(Nc4ccccc4)cc3)cc2)cc1. The third-order valence-corrected chi connectivity index (χ3v) is 8.60. The van der Waals surface area contributed by atoms with Crippen molar-refractivity contribution in [2.45, 2.75) is 52.4 Å². The molecule has 0 aliphatic carbocycles. The average Bonchev–Trinajstić information content (AvgIpc) is 3.13. The molecule has 3 nitrogen and oxygen atoms in total. The lowest BCUT2D eigenvalue weighted by atomic mass is 10.1. The fourth-order valence-electron chi connectivity index (χ4n) is 5.99. The molecule has 6 aromatic carbocycles. The van der Waals surface area contributed by atoms with Gasteiger partial charge in [0.25, 0.3) is 0 Å². The highest BCUT2D eigenvalue weighted by atomic mass is 15.2. The molecule has 0 fully saturated rings. The van der Waals surface area contributed by atoms with Gasteiger partial charge in [0.05, 0.1) is 0 Å². The fourth-order valence-corrected chi connectivity index (χ4v) is 5.99. The standard InChI is InChI=1S/C44H45N3/c1-3-5-13-35-19-25-40(26-20-35)47(41-27-21-36(22-28-41)14-6-4-2)44-33-31-43(32-34-44)46(39-17-11-8-12-18-39)42-29-23-38(24-30-42)45-37-15-9-7-10-16-37/h7-12,15-34,45H,3-6,13-14H2,1-2H3. The van der Waals surface area contributed by atoms with Gasteiger partial charge in [-0.2, -0.15) is 0 Å².